The van der Waals surface area contributed by atoms with E-state index >= 15 is 0 Å². The molecule has 4 aliphatic carbocycles. The molecule has 0 bridgehead atoms. The van der Waals surface area contributed by atoms with Crippen LogP contribution in [0.25, 0.3) is 0 Å². The Kier molecular flexibility index (Phi) is 31.0. The van der Waals surface area contributed by atoms with Gasteiger partial charge in [0.05, 0.1) is 6.42 Å². The van der Waals surface area contributed by atoms with Crippen LogP contribution in [0.1, 0.15) is 315 Å². The van der Waals surface area contributed by atoms with Gasteiger partial charge in [0, 0.05) is 48.5 Å². The molecule has 6 atom stereocenters. The molecule has 5 rings (SSSR count). The number of hydrogen-bond donors (Lipinski definition) is 0. The molecule has 470 valence electrons. The maximum atomic E-state index is 14.1. The van der Waals surface area contributed by atoms with Crippen LogP contribution < -0.4 is 4.74 Å². The highest BCUT2D eigenvalue weighted by Crippen LogP contribution is 2.65. The van der Waals surface area contributed by atoms with Gasteiger partial charge in [0.15, 0.2) is 11.9 Å². The van der Waals surface area contributed by atoms with Crippen molar-refractivity contribution in [2.75, 3.05) is 13.2 Å². The third-order valence-electron chi connectivity index (χ3n) is 20.0. The van der Waals surface area contributed by atoms with Crippen molar-refractivity contribution in [3.8, 4) is 5.75 Å². The summed E-state index contributed by atoms with van der Waals surface area (Å²) in [4.78, 5) is 79.1. The zero-order chi connectivity index (χ0) is 60.1. The van der Waals surface area contributed by atoms with Gasteiger partial charge in [0.25, 0.3) is 0 Å². The topological polar surface area (TPSA) is 149 Å². The number of ketones is 1. The number of rotatable bonds is 42. The predicted molar refractivity (Wildman–Crippen MR) is 332 cm³/mol. The minimum Gasteiger partial charge on any atom is -0.462 e. The van der Waals surface area contributed by atoms with Gasteiger partial charge in [-0.25, -0.2) is 0 Å². The fourth-order valence-electron chi connectivity index (χ4n) is 15.2. The average molecular weight is 1160 g/mol. The summed E-state index contributed by atoms with van der Waals surface area (Å²) in [5, 5.41) is 0. The monoisotopic (exact) mass is 1160 g/mol. The fourth-order valence-corrected chi connectivity index (χ4v) is 15.2. The molecule has 0 aliphatic heterocycles. The first-order valence-corrected chi connectivity index (χ1v) is 34.2. The summed E-state index contributed by atoms with van der Waals surface area (Å²) in [6.07, 6.45) is 40.6. The quantitative estimate of drug-likeness (QED) is 0.0266. The third-order valence-corrected chi connectivity index (χ3v) is 20.0. The van der Waals surface area contributed by atoms with Crippen LogP contribution in [0, 0.1) is 42.4 Å². The molecule has 0 radical (unpaired) electrons. The minimum absolute atomic E-state index is 0.0605. The van der Waals surface area contributed by atoms with Gasteiger partial charge in [0.1, 0.15) is 25.1 Å². The standard InChI is InChI=1S/C72H116O11/c1-9-11-13-15-17-19-21-23-25-27-29-31-33-36-64(74)79-52-58(53-80-65(75)37-34-32-30-28-26-24-22-20-18-16-14-12-10-2)81-66(76)38-35-39-67(77)82-62-49-54(3)48-55(4)69(62)70(5,6)51-68(78)83-63-43-42-60-59-41-40-56-50-57(73)44-46-71(56,7)61(59)45-47-72(60,63)8/h48-50,58-61,63H,9-47,51-53H2,1-8H3/t59-,60-,61-,63-,71-,72-/m0/s1. The van der Waals surface area contributed by atoms with Gasteiger partial charge < -0.3 is 23.7 Å². The van der Waals surface area contributed by atoms with Crippen molar-refractivity contribution in [2.45, 2.75) is 330 Å². The van der Waals surface area contributed by atoms with Crippen molar-refractivity contribution in [2.24, 2.45) is 28.6 Å². The highest BCUT2D eigenvalue weighted by molar-refractivity contribution is 5.91. The van der Waals surface area contributed by atoms with Crippen molar-refractivity contribution >= 4 is 35.6 Å². The Labute approximate surface area is 503 Å². The molecule has 0 heterocycles. The minimum atomic E-state index is -0.975. The highest BCUT2D eigenvalue weighted by Gasteiger charge is 2.60. The average Bonchev–Trinajstić information content (AvgIpc) is 2.04. The number of carbonyl (C=O) groups excluding carboxylic acids is 6. The Bertz CT molecular complexity index is 2150. The van der Waals surface area contributed by atoms with Crippen LogP contribution >= 0.6 is 0 Å². The van der Waals surface area contributed by atoms with E-state index in [1.54, 1.807) is 0 Å². The second-order valence-electron chi connectivity index (χ2n) is 27.4. The van der Waals surface area contributed by atoms with E-state index < -0.39 is 23.5 Å². The summed E-state index contributed by atoms with van der Waals surface area (Å²) in [6.45, 7) is 16.7. The molecule has 0 spiro atoms. The van der Waals surface area contributed by atoms with Crippen LogP contribution in [-0.4, -0.2) is 61.1 Å². The van der Waals surface area contributed by atoms with Gasteiger partial charge in [-0.2, -0.15) is 0 Å². The lowest BCUT2D eigenvalue weighted by Gasteiger charge is -2.57. The van der Waals surface area contributed by atoms with Gasteiger partial charge in [-0.05, 0) is 124 Å². The van der Waals surface area contributed by atoms with E-state index in [1.165, 1.54) is 134 Å². The third kappa shape index (κ3) is 23.3. The molecule has 4 aliphatic rings. The van der Waals surface area contributed by atoms with Gasteiger partial charge in [-0.1, -0.05) is 207 Å². The molecule has 11 heteroatoms. The second kappa shape index (κ2) is 36.9. The lowest BCUT2D eigenvalue weighted by atomic mass is 9.47. The molecular formula is C72H116O11. The Morgan fingerprint density at radius 2 is 1.05 bits per heavy atom. The van der Waals surface area contributed by atoms with Crippen molar-refractivity contribution in [3.05, 3.63) is 40.5 Å². The number of fused-ring (bicyclic) bond motifs is 5. The van der Waals surface area contributed by atoms with Crippen LogP contribution in [0.15, 0.2) is 23.8 Å². The van der Waals surface area contributed by atoms with E-state index in [1.807, 2.05) is 45.9 Å². The highest BCUT2D eigenvalue weighted by atomic mass is 16.6. The predicted octanol–water partition coefficient (Wildman–Crippen LogP) is 18.5. The van der Waals surface area contributed by atoms with Gasteiger partial charge >= 0.3 is 29.8 Å². The number of esters is 5. The maximum Gasteiger partial charge on any atom is 0.311 e. The van der Waals surface area contributed by atoms with Crippen LogP contribution in [0.4, 0.5) is 0 Å². The first kappa shape index (κ1) is 69.7. The van der Waals surface area contributed by atoms with Gasteiger partial charge in [-0.3, -0.25) is 28.8 Å². The van der Waals surface area contributed by atoms with Crippen LogP contribution in [0.5, 0.6) is 5.75 Å². The maximum absolute atomic E-state index is 14.1. The van der Waals surface area contributed by atoms with Crippen molar-refractivity contribution in [1.82, 2.24) is 0 Å². The van der Waals surface area contributed by atoms with Crippen LogP contribution in [0.3, 0.4) is 0 Å². The zero-order valence-corrected chi connectivity index (χ0v) is 53.8. The molecule has 1 aromatic carbocycles. The van der Waals surface area contributed by atoms with Gasteiger partial charge in [-0.15, -0.1) is 0 Å². The smallest absolute Gasteiger partial charge is 0.311 e. The molecule has 0 saturated heterocycles. The van der Waals surface area contributed by atoms with Gasteiger partial charge in [0.2, 0.25) is 0 Å². The summed E-state index contributed by atoms with van der Waals surface area (Å²) < 4.78 is 29.5. The lowest BCUT2D eigenvalue weighted by Crippen LogP contribution is -2.51. The van der Waals surface area contributed by atoms with Crippen molar-refractivity contribution in [3.63, 3.8) is 0 Å². The molecule has 0 aromatic heterocycles. The molecule has 0 unspecified atom stereocenters. The molecule has 0 N–H and O–H groups in total. The van der Waals surface area contributed by atoms with E-state index in [2.05, 4.69) is 27.7 Å². The summed E-state index contributed by atoms with van der Waals surface area (Å²) in [5.41, 5.74) is 3.22. The molecule has 11 nitrogen and oxygen atoms in total. The lowest BCUT2D eigenvalue weighted by molar-refractivity contribution is -0.167. The van der Waals surface area contributed by atoms with Crippen LogP contribution in [-0.2, 0) is 53.1 Å². The molecule has 0 amide bonds. The van der Waals surface area contributed by atoms with E-state index in [9.17, 15) is 28.8 Å². The van der Waals surface area contributed by atoms with E-state index in [4.69, 9.17) is 23.7 Å². The number of ether oxygens (including phenoxy) is 5. The summed E-state index contributed by atoms with van der Waals surface area (Å²) in [5.74, 6) is 0.190. The summed E-state index contributed by atoms with van der Waals surface area (Å²) in [7, 11) is 0. The summed E-state index contributed by atoms with van der Waals surface area (Å²) >= 11 is 0. The SMILES string of the molecule is CCCCCCCCCCCCCCCC(=O)OCC(COC(=O)CCCCCCCCCCCCCCC)OC(=O)CCCC(=O)Oc1cc(C)cc(C)c1C(C)(C)CC(=O)O[C@H]1CC[C@H]2[C@@H]3CCC4=CC(=O)CC[C@]4(C)[C@H]3CC[C@]12C. The largest absolute Gasteiger partial charge is 0.462 e. The molecule has 83 heavy (non-hydrogen) atoms. The van der Waals surface area contributed by atoms with Crippen molar-refractivity contribution in [1.29, 1.82) is 0 Å². The number of unbranched alkanes of at least 4 members (excludes halogenated alkanes) is 24. The number of aryl methyl sites for hydroxylation is 2. The Morgan fingerprint density at radius 1 is 0.554 bits per heavy atom. The number of carbonyl (C=O) groups is 6. The molecule has 3 saturated carbocycles. The Morgan fingerprint density at radius 3 is 1.58 bits per heavy atom. The second-order valence-corrected chi connectivity index (χ2v) is 27.4. The molecule has 3 fully saturated rings. The van der Waals surface area contributed by atoms with E-state index in [-0.39, 0.29) is 92.4 Å². The zero-order valence-electron chi connectivity index (χ0n) is 53.8. The number of benzene rings is 1. The van der Waals surface area contributed by atoms with Crippen LogP contribution in [0.2, 0.25) is 0 Å². The Hall–Kier alpha value is -4.02. The first-order chi connectivity index (χ1) is 39.9. The first-order valence-electron chi connectivity index (χ1n) is 34.2. The van der Waals surface area contributed by atoms with E-state index in [0.717, 1.165) is 100 Å². The fraction of sp³-hybridized carbons (Fsp3) is 0.806. The number of allylic oxidation sites excluding steroid dienone is 1. The molecular weight excluding hydrogens is 1040 g/mol. The molecule has 1 aromatic rings. The summed E-state index contributed by atoms with van der Waals surface area (Å²) in [6, 6.07) is 3.87. The van der Waals surface area contributed by atoms with Crippen molar-refractivity contribution < 1.29 is 52.5 Å². The number of hydrogen-bond acceptors (Lipinski definition) is 11. The Balaban J connectivity index is 1.06. The normalized spacial score (nSPS) is 22.1. The van der Waals surface area contributed by atoms with E-state index in [0.29, 0.717) is 29.9 Å².